The van der Waals surface area contributed by atoms with Crippen molar-refractivity contribution in [3.8, 4) is 0 Å². The molecule has 4 fully saturated rings. The van der Waals surface area contributed by atoms with E-state index in [9.17, 15) is 4.79 Å². The number of amides is 1. The van der Waals surface area contributed by atoms with Gasteiger partial charge in [0.15, 0.2) is 0 Å². The molecule has 4 heteroatoms. The quantitative estimate of drug-likeness (QED) is 0.867. The standard InChI is InChI=1S/C19H33N3O/c23-19(14-15-12-16-5-6-17(13-15)20-16)22-10-3-4-18(7-11-22)21-8-1-2-9-21/h15-18,20H,1-14H2. The van der Waals surface area contributed by atoms with Gasteiger partial charge >= 0.3 is 0 Å². The van der Waals surface area contributed by atoms with Gasteiger partial charge in [0.2, 0.25) is 5.91 Å². The highest BCUT2D eigenvalue weighted by Crippen LogP contribution is 2.33. The van der Waals surface area contributed by atoms with E-state index < -0.39 is 0 Å². The molecule has 2 bridgehead atoms. The first-order chi connectivity index (χ1) is 11.3. The fraction of sp³-hybridized carbons (Fsp3) is 0.947. The molecule has 4 saturated heterocycles. The van der Waals surface area contributed by atoms with E-state index in [2.05, 4.69) is 15.1 Å². The Kier molecular flexibility index (Phi) is 4.91. The summed E-state index contributed by atoms with van der Waals surface area (Å²) in [5.41, 5.74) is 0. The summed E-state index contributed by atoms with van der Waals surface area (Å²) < 4.78 is 0. The summed E-state index contributed by atoms with van der Waals surface area (Å²) in [6.07, 6.45) is 12.4. The third-order valence-electron chi connectivity index (χ3n) is 6.74. The molecule has 0 radical (unpaired) electrons. The van der Waals surface area contributed by atoms with Crippen LogP contribution in [0.4, 0.5) is 0 Å². The van der Waals surface area contributed by atoms with Gasteiger partial charge in [-0.05, 0) is 76.8 Å². The molecule has 1 N–H and O–H groups in total. The molecule has 0 spiro atoms. The minimum Gasteiger partial charge on any atom is -0.343 e. The van der Waals surface area contributed by atoms with E-state index in [-0.39, 0.29) is 0 Å². The minimum absolute atomic E-state index is 0.443. The molecule has 3 unspecified atom stereocenters. The molecule has 130 valence electrons. The average molecular weight is 319 g/mol. The number of carbonyl (C=O) groups excluding carboxylic acids is 1. The first-order valence-electron chi connectivity index (χ1n) is 10.1. The van der Waals surface area contributed by atoms with Gasteiger partial charge < -0.3 is 15.1 Å². The topological polar surface area (TPSA) is 35.6 Å². The molecule has 0 aromatic heterocycles. The third kappa shape index (κ3) is 3.74. The van der Waals surface area contributed by atoms with Crippen molar-refractivity contribution in [3.05, 3.63) is 0 Å². The van der Waals surface area contributed by atoms with Gasteiger partial charge in [-0.15, -0.1) is 0 Å². The van der Waals surface area contributed by atoms with E-state index in [0.29, 0.717) is 23.9 Å². The summed E-state index contributed by atoms with van der Waals surface area (Å²) in [6, 6.07) is 2.15. The highest BCUT2D eigenvalue weighted by Gasteiger charge is 2.35. The Morgan fingerprint density at radius 1 is 0.870 bits per heavy atom. The summed E-state index contributed by atoms with van der Waals surface area (Å²) in [6.45, 7) is 4.58. The summed E-state index contributed by atoms with van der Waals surface area (Å²) in [5.74, 6) is 1.08. The van der Waals surface area contributed by atoms with Crippen LogP contribution in [0.1, 0.15) is 64.2 Å². The second-order valence-corrected chi connectivity index (χ2v) is 8.39. The number of carbonyl (C=O) groups is 1. The first-order valence-corrected chi connectivity index (χ1v) is 10.1. The highest BCUT2D eigenvalue weighted by molar-refractivity contribution is 5.76. The molecule has 0 saturated carbocycles. The Balaban J connectivity index is 1.27. The Morgan fingerprint density at radius 2 is 1.61 bits per heavy atom. The molecule has 3 atom stereocenters. The monoisotopic (exact) mass is 319 g/mol. The fourth-order valence-electron chi connectivity index (χ4n) is 5.52. The maximum Gasteiger partial charge on any atom is 0.222 e. The average Bonchev–Trinajstić information content (AvgIpc) is 3.11. The molecule has 4 rings (SSSR count). The SMILES string of the molecule is O=C(CC1CC2CCC(C1)N2)N1CCCC(N2CCCC2)CC1. The number of fused-ring (bicyclic) bond motifs is 2. The second-order valence-electron chi connectivity index (χ2n) is 8.39. The molecule has 23 heavy (non-hydrogen) atoms. The Bertz CT molecular complexity index is 409. The van der Waals surface area contributed by atoms with Crippen LogP contribution in [-0.4, -0.2) is 60.0 Å². The van der Waals surface area contributed by atoms with Crippen LogP contribution in [0, 0.1) is 5.92 Å². The number of piperidine rings is 1. The van der Waals surface area contributed by atoms with Crippen molar-refractivity contribution in [1.29, 1.82) is 0 Å². The molecule has 0 aromatic rings. The van der Waals surface area contributed by atoms with Crippen LogP contribution in [0.5, 0.6) is 0 Å². The van der Waals surface area contributed by atoms with Crippen molar-refractivity contribution in [1.82, 2.24) is 15.1 Å². The maximum atomic E-state index is 12.8. The summed E-state index contributed by atoms with van der Waals surface area (Å²) >= 11 is 0. The van der Waals surface area contributed by atoms with E-state index in [1.54, 1.807) is 0 Å². The Morgan fingerprint density at radius 3 is 2.35 bits per heavy atom. The van der Waals surface area contributed by atoms with Crippen molar-refractivity contribution in [2.45, 2.75) is 82.3 Å². The van der Waals surface area contributed by atoms with Crippen LogP contribution >= 0.6 is 0 Å². The molecule has 4 aliphatic rings. The van der Waals surface area contributed by atoms with Crippen molar-refractivity contribution in [2.75, 3.05) is 26.2 Å². The van der Waals surface area contributed by atoms with Crippen LogP contribution in [-0.2, 0) is 4.79 Å². The summed E-state index contributed by atoms with van der Waals surface area (Å²) in [7, 11) is 0. The Hall–Kier alpha value is -0.610. The van der Waals surface area contributed by atoms with E-state index in [1.165, 1.54) is 70.9 Å². The lowest BCUT2D eigenvalue weighted by atomic mass is 9.89. The fourth-order valence-corrected chi connectivity index (χ4v) is 5.52. The van der Waals surface area contributed by atoms with Crippen LogP contribution in [0.2, 0.25) is 0 Å². The van der Waals surface area contributed by atoms with Crippen LogP contribution in [0.3, 0.4) is 0 Å². The van der Waals surface area contributed by atoms with Gasteiger partial charge in [0.1, 0.15) is 0 Å². The number of nitrogens with zero attached hydrogens (tertiary/aromatic N) is 2. The predicted octanol–water partition coefficient (Wildman–Crippen LogP) is 2.38. The van der Waals surface area contributed by atoms with Crippen LogP contribution < -0.4 is 5.32 Å². The second kappa shape index (κ2) is 7.10. The lowest BCUT2D eigenvalue weighted by molar-refractivity contribution is -0.132. The van der Waals surface area contributed by atoms with Crippen LogP contribution in [0.15, 0.2) is 0 Å². The molecule has 0 aromatic carbocycles. The zero-order chi connectivity index (χ0) is 15.6. The summed E-state index contributed by atoms with van der Waals surface area (Å²) in [5, 5.41) is 3.69. The lowest BCUT2D eigenvalue weighted by Crippen LogP contribution is -2.41. The largest absolute Gasteiger partial charge is 0.343 e. The van der Waals surface area contributed by atoms with Gasteiger partial charge in [-0.1, -0.05) is 0 Å². The number of likely N-dealkylation sites (tertiary alicyclic amines) is 2. The maximum absolute atomic E-state index is 12.8. The molecular formula is C19H33N3O. The van der Waals surface area contributed by atoms with Crippen LogP contribution in [0.25, 0.3) is 0 Å². The normalized spacial score (nSPS) is 38.7. The van der Waals surface area contributed by atoms with E-state index in [1.807, 2.05) is 0 Å². The van der Waals surface area contributed by atoms with Crippen molar-refractivity contribution in [2.24, 2.45) is 5.92 Å². The van der Waals surface area contributed by atoms with E-state index in [4.69, 9.17) is 0 Å². The number of hydrogen-bond donors (Lipinski definition) is 1. The van der Waals surface area contributed by atoms with Gasteiger partial charge in [0.05, 0.1) is 0 Å². The highest BCUT2D eigenvalue weighted by atomic mass is 16.2. The lowest BCUT2D eigenvalue weighted by Gasteiger charge is -2.31. The molecule has 4 heterocycles. The van der Waals surface area contributed by atoms with E-state index in [0.717, 1.165) is 25.6 Å². The van der Waals surface area contributed by atoms with Gasteiger partial charge in [-0.3, -0.25) is 4.79 Å². The molecule has 1 amide bonds. The molecule has 4 aliphatic heterocycles. The van der Waals surface area contributed by atoms with Gasteiger partial charge in [0.25, 0.3) is 0 Å². The smallest absolute Gasteiger partial charge is 0.222 e. The minimum atomic E-state index is 0.443. The van der Waals surface area contributed by atoms with Crippen molar-refractivity contribution < 1.29 is 4.79 Å². The summed E-state index contributed by atoms with van der Waals surface area (Å²) in [4.78, 5) is 17.6. The van der Waals surface area contributed by atoms with Crippen molar-refractivity contribution >= 4 is 5.91 Å². The Labute approximate surface area is 141 Å². The number of nitrogens with one attached hydrogen (secondary N) is 1. The van der Waals surface area contributed by atoms with Crippen molar-refractivity contribution in [3.63, 3.8) is 0 Å². The predicted molar refractivity (Wildman–Crippen MR) is 92.3 cm³/mol. The third-order valence-corrected chi connectivity index (χ3v) is 6.74. The van der Waals surface area contributed by atoms with Gasteiger partial charge in [0, 0.05) is 37.6 Å². The van der Waals surface area contributed by atoms with E-state index >= 15 is 0 Å². The zero-order valence-electron chi connectivity index (χ0n) is 14.5. The number of hydrogen-bond acceptors (Lipinski definition) is 3. The van der Waals surface area contributed by atoms with Gasteiger partial charge in [-0.2, -0.15) is 0 Å². The van der Waals surface area contributed by atoms with Gasteiger partial charge in [-0.25, -0.2) is 0 Å². The first kappa shape index (κ1) is 15.9. The molecule has 0 aliphatic carbocycles. The zero-order valence-corrected chi connectivity index (χ0v) is 14.5. The molecular weight excluding hydrogens is 286 g/mol. The number of rotatable bonds is 3. The molecule has 4 nitrogen and oxygen atoms in total.